The summed E-state index contributed by atoms with van der Waals surface area (Å²) in [4.78, 5) is 0. The molecule has 0 heterocycles. The second kappa shape index (κ2) is 6.40. The zero-order valence-corrected chi connectivity index (χ0v) is 11.7. The van der Waals surface area contributed by atoms with E-state index >= 15 is 0 Å². The van der Waals surface area contributed by atoms with Gasteiger partial charge >= 0.3 is 0 Å². The molecule has 0 aliphatic rings. The number of hydrogen-bond acceptors (Lipinski definition) is 4. The van der Waals surface area contributed by atoms with Crippen molar-refractivity contribution in [3.05, 3.63) is 35.1 Å². The molecule has 1 atom stereocenters. The van der Waals surface area contributed by atoms with Crippen molar-refractivity contribution in [3.63, 3.8) is 0 Å². The summed E-state index contributed by atoms with van der Waals surface area (Å²) in [7, 11) is -4.38. The predicted molar refractivity (Wildman–Crippen MR) is 70.7 cm³/mol. The van der Waals surface area contributed by atoms with Gasteiger partial charge < -0.3 is 5.73 Å². The summed E-state index contributed by atoms with van der Waals surface area (Å²) in [6, 6.07) is 4.38. The molecule has 0 aromatic heterocycles. The molecule has 7 heteroatoms. The molecular weight excluding hydrogens is 277 g/mol. The van der Waals surface area contributed by atoms with Crippen LogP contribution in [0, 0.1) is 5.82 Å². The van der Waals surface area contributed by atoms with Gasteiger partial charge in [0.15, 0.2) is 0 Å². The summed E-state index contributed by atoms with van der Waals surface area (Å²) in [6.45, 7) is 0.0790. The van der Waals surface area contributed by atoms with Crippen molar-refractivity contribution in [1.82, 2.24) is 0 Å². The van der Waals surface area contributed by atoms with Crippen molar-refractivity contribution >= 4 is 20.6 Å². The van der Waals surface area contributed by atoms with Crippen LogP contribution >= 0.6 is 0 Å². The molecule has 1 aromatic rings. The van der Waals surface area contributed by atoms with Gasteiger partial charge in [-0.3, -0.25) is 4.21 Å². The van der Waals surface area contributed by atoms with Gasteiger partial charge in [-0.05, 0) is 11.6 Å². The van der Waals surface area contributed by atoms with Crippen LogP contribution in [0.4, 0.5) is 4.39 Å². The summed E-state index contributed by atoms with van der Waals surface area (Å²) in [5.41, 5.74) is 6.44. The monoisotopic (exact) mass is 293 g/mol. The first-order chi connectivity index (χ1) is 8.31. The lowest BCUT2D eigenvalue weighted by Gasteiger charge is -2.05. The summed E-state index contributed by atoms with van der Waals surface area (Å²) in [5, 5.41) is 0. The fourth-order valence-electron chi connectivity index (χ4n) is 1.38. The first-order valence-electron chi connectivity index (χ1n) is 5.32. The average molecular weight is 293 g/mol. The summed E-state index contributed by atoms with van der Waals surface area (Å²) < 4.78 is 46.7. The van der Waals surface area contributed by atoms with Crippen molar-refractivity contribution in [3.8, 4) is 0 Å². The van der Waals surface area contributed by atoms with Crippen molar-refractivity contribution in [1.29, 1.82) is 0 Å². The van der Waals surface area contributed by atoms with Crippen molar-refractivity contribution in [2.75, 3.05) is 17.8 Å². The van der Waals surface area contributed by atoms with Crippen LogP contribution in [0.25, 0.3) is 0 Å². The van der Waals surface area contributed by atoms with Crippen LogP contribution in [0.2, 0.25) is 0 Å². The van der Waals surface area contributed by atoms with Gasteiger partial charge in [-0.25, -0.2) is 12.8 Å². The van der Waals surface area contributed by atoms with E-state index in [1.54, 1.807) is 6.07 Å². The van der Waals surface area contributed by atoms with Gasteiger partial charge in [0.25, 0.3) is 0 Å². The van der Waals surface area contributed by atoms with E-state index in [-0.39, 0.29) is 29.6 Å². The van der Waals surface area contributed by atoms with Crippen LogP contribution in [0.15, 0.2) is 18.2 Å². The van der Waals surface area contributed by atoms with Gasteiger partial charge in [-0.15, -0.1) is 0 Å². The normalized spacial score (nSPS) is 13.5. The number of halogens is 1. The highest BCUT2D eigenvalue weighted by Gasteiger charge is 2.09. The number of rotatable bonds is 6. The van der Waals surface area contributed by atoms with E-state index < -0.39 is 20.6 Å². The van der Waals surface area contributed by atoms with E-state index in [9.17, 15) is 17.0 Å². The van der Waals surface area contributed by atoms with E-state index in [0.29, 0.717) is 11.1 Å². The number of sulfone groups is 1. The summed E-state index contributed by atoms with van der Waals surface area (Å²) in [5.74, 6) is -0.190. The minimum atomic E-state index is -3.10. The standard InChI is InChI=1S/C11H16FNO3S2/c1-18(15,16)5-4-17(14)8-9-2-3-11(12)10(6-9)7-13/h2-3,6H,4-5,7-8,13H2,1H3. The summed E-state index contributed by atoms with van der Waals surface area (Å²) >= 11 is 0. The average Bonchev–Trinajstić information content (AvgIpc) is 2.28. The predicted octanol–water partition coefficient (Wildman–Crippen LogP) is 0.578. The lowest BCUT2D eigenvalue weighted by Crippen LogP contribution is -2.13. The van der Waals surface area contributed by atoms with Gasteiger partial charge in [0, 0.05) is 40.7 Å². The van der Waals surface area contributed by atoms with Crippen molar-refractivity contribution in [2.45, 2.75) is 12.3 Å². The SMILES string of the molecule is CS(=O)(=O)CCS(=O)Cc1ccc(F)c(CN)c1. The molecule has 0 fully saturated rings. The third-order valence-corrected chi connectivity index (χ3v) is 4.86. The molecule has 1 unspecified atom stereocenters. The lowest BCUT2D eigenvalue weighted by molar-refractivity contribution is 0.602. The molecule has 4 nitrogen and oxygen atoms in total. The van der Waals surface area contributed by atoms with E-state index in [2.05, 4.69) is 0 Å². The topological polar surface area (TPSA) is 77.2 Å². The largest absolute Gasteiger partial charge is 0.326 e. The Labute approximate surface area is 109 Å². The lowest BCUT2D eigenvalue weighted by atomic mass is 10.1. The van der Waals surface area contributed by atoms with E-state index in [1.165, 1.54) is 12.1 Å². The first-order valence-corrected chi connectivity index (χ1v) is 8.87. The minimum Gasteiger partial charge on any atom is -0.326 e. The van der Waals surface area contributed by atoms with E-state index in [1.807, 2.05) is 0 Å². The number of benzene rings is 1. The Kier molecular flexibility index (Phi) is 5.43. The maximum atomic E-state index is 13.2. The van der Waals surface area contributed by atoms with Gasteiger partial charge in [0.1, 0.15) is 15.7 Å². The van der Waals surface area contributed by atoms with Crippen LogP contribution in [0.5, 0.6) is 0 Å². The van der Waals surface area contributed by atoms with Crippen molar-refractivity contribution in [2.24, 2.45) is 5.73 Å². The Morgan fingerprint density at radius 1 is 1.39 bits per heavy atom. The fraction of sp³-hybridized carbons (Fsp3) is 0.455. The third-order valence-electron chi connectivity index (χ3n) is 2.34. The molecule has 0 amide bonds. The van der Waals surface area contributed by atoms with E-state index in [0.717, 1.165) is 6.26 Å². The Balaban J connectivity index is 2.65. The van der Waals surface area contributed by atoms with E-state index in [4.69, 9.17) is 5.73 Å². The van der Waals surface area contributed by atoms with Crippen LogP contribution in [-0.2, 0) is 32.9 Å². The highest BCUT2D eigenvalue weighted by Crippen LogP contribution is 2.12. The zero-order valence-electron chi connectivity index (χ0n) is 10.1. The van der Waals surface area contributed by atoms with Gasteiger partial charge in [-0.1, -0.05) is 12.1 Å². The Hall–Kier alpha value is -0.790. The number of nitrogens with two attached hydrogens (primary N) is 1. The molecule has 0 aliphatic heterocycles. The molecule has 18 heavy (non-hydrogen) atoms. The third kappa shape index (κ3) is 5.24. The maximum Gasteiger partial charge on any atom is 0.148 e. The van der Waals surface area contributed by atoms with Gasteiger partial charge in [-0.2, -0.15) is 0 Å². The number of hydrogen-bond donors (Lipinski definition) is 1. The smallest absolute Gasteiger partial charge is 0.148 e. The molecule has 0 aliphatic carbocycles. The van der Waals surface area contributed by atoms with Crippen LogP contribution < -0.4 is 5.73 Å². The zero-order chi connectivity index (χ0) is 13.8. The second-order valence-electron chi connectivity index (χ2n) is 4.05. The highest BCUT2D eigenvalue weighted by molar-refractivity contribution is 7.92. The Morgan fingerprint density at radius 3 is 2.61 bits per heavy atom. The molecular formula is C11H16FNO3S2. The Bertz CT molecular complexity index is 543. The van der Waals surface area contributed by atoms with Crippen LogP contribution in [-0.4, -0.2) is 30.4 Å². The second-order valence-corrected chi connectivity index (χ2v) is 7.88. The minimum absolute atomic E-state index is 0.0790. The molecule has 1 rings (SSSR count). The van der Waals surface area contributed by atoms with Crippen molar-refractivity contribution < 1.29 is 17.0 Å². The molecule has 0 saturated carbocycles. The van der Waals surface area contributed by atoms with Crippen LogP contribution in [0.1, 0.15) is 11.1 Å². The maximum absolute atomic E-state index is 13.2. The molecule has 102 valence electrons. The molecule has 2 N–H and O–H groups in total. The molecule has 0 radical (unpaired) electrons. The van der Waals surface area contributed by atoms with Crippen LogP contribution in [0.3, 0.4) is 0 Å². The highest BCUT2D eigenvalue weighted by atomic mass is 32.2. The fourth-order valence-corrected chi connectivity index (χ4v) is 4.03. The molecule has 1 aromatic carbocycles. The van der Waals surface area contributed by atoms with Gasteiger partial charge in [0.2, 0.25) is 0 Å². The molecule has 0 spiro atoms. The molecule has 0 bridgehead atoms. The molecule has 0 saturated heterocycles. The first kappa shape index (κ1) is 15.3. The van der Waals surface area contributed by atoms with Gasteiger partial charge in [0.05, 0.1) is 5.75 Å². The Morgan fingerprint density at radius 2 is 2.06 bits per heavy atom. The summed E-state index contributed by atoms with van der Waals surface area (Å²) in [6.07, 6.45) is 1.11. The quantitative estimate of drug-likeness (QED) is 0.832.